The van der Waals surface area contributed by atoms with Gasteiger partial charge in [0.05, 0.1) is 5.39 Å². The largest absolute Gasteiger partial charge is 0.506 e. The van der Waals surface area contributed by atoms with E-state index in [-0.39, 0.29) is 16.5 Å². The summed E-state index contributed by atoms with van der Waals surface area (Å²) in [6, 6.07) is 23.2. The van der Waals surface area contributed by atoms with Crippen molar-refractivity contribution in [1.29, 1.82) is 0 Å². The lowest BCUT2D eigenvalue weighted by molar-refractivity contribution is 0.0972. The van der Waals surface area contributed by atoms with Gasteiger partial charge in [0.25, 0.3) is 5.91 Å². The van der Waals surface area contributed by atoms with Crippen LogP contribution in [0.4, 0.5) is 0 Å². The Balaban J connectivity index is 1.69. The normalized spacial score (nSPS) is 10.5. The van der Waals surface area contributed by atoms with Gasteiger partial charge in [-0.05, 0) is 23.3 Å². The number of fused-ring (bicyclic) bond motifs is 1. The number of carbonyl (C=O) groups excluding carboxylic acids is 1. The van der Waals surface area contributed by atoms with Crippen molar-refractivity contribution >= 4 is 33.0 Å². The van der Waals surface area contributed by atoms with Crippen LogP contribution >= 0.6 is 11.3 Å². The first-order chi connectivity index (χ1) is 13.2. The fourth-order valence-corrected chi connectivity index (χ4v) is 3.79. The fourth-order valence-electron chi connectivity index (χ4n) is 2.85. The second-order valence-electron chi connectivity index (χ2n) is 5.90. The average Bonchev–Trinajstić information content (AvgIpc) is 3.07. The van der Waals surface area contributed by atoms with Gasteiger partial charge < -0.3 is 10.4 Å². The number of nitrogens with one attached hydrogen (secondary N) is 1. The van der Waals surface area contributed by atoms with Crippen molar-refractivity contribution in [3.63, 3.8) is 0 Å². The van der Waals surface area contributed by atoms with Crippen LogP contribution in [0.3, 0.4) is 0 Å². The van der Waals surface area contributed by atoms with Crippen LogP contribution in [0.5, 0.6) is 5.75 Å². The number of carbonyl (C=O) groups is 1. The van der Waals surface area contributed by atoms with Crippen LogP contribution in [0, 0.1) is 0 Å². The molecule has 0 aliphatic rings. The number of amides is 1. The number of aromatic nitrogens is 1. The Morgan fingerprint density at radius 2 is 1.56 bits per heavy atom. The Morgan fingerprint density at radius 1 is 0.926 bits per heavy atom. The van der Waals surface area contributed by atoms with Gasteiger partial charge in [-0.2, -0.15) is 0 Å². The summed E-state index contributed by atoms with van der Waals surface area (Å²) in [7, 11) is 0. The van der Waals surface area contributed by atoms with Crippen LogP contribution in [0.25, 0.3) is 15.8 Å². The standard InChI is InChI=1S/C22H16N2O2S/c25-19-17-12-7-13-23-22(17)27-20(19)21(26)24-14-18(15-8-3-1-4-9-15)16-10-5-2-6-11-16/h1-14,25H,(H,24,26). The first-order valence-electron chi connectivity index (χ1n) is 8.42. The zero-order valence-corrected chi connectivity index (χ0v) is 15.1. The van der Waals surface area contributed by atoms with Crippen molar-refractivity contribution in [1.82, 2.24) is 10.3 Å². The summed E-state index contributed by atoms with van der Waals surface area (Å²) in [5, 5.41) is 13.8. The van der Waals surface area contributed by atoms with Gasteiger partial charge in [-0.1, -0.05) is 60.7 Å². The van der Waals surface area contributed by atoms with E-state index in [4.69, 9.17) is 0 Å². The van der Waals surface area contributed by atoms with E-state index in [1.54, 1.807) is 24.5 Å². The molecule has 0 saturated carbocycles. The molecule has 27 heavy (non-hydrogen) atoms. The number of thiophene rings is 1. The number of hydrogen-bond donors (Lipinski definition) is 2. The van der Waals surface area contributed by atoms with Crippen LogP contribution in [0.2, 0.25) is 0 Å². The summed E-state index contributed by atoms with van der Waals surface area (Å²) in [6.07, 6.45) is 3.33. The molecular formula is C22H16N2O2S. The third-order valence-corrected chi connectivity index (χ3v) is 5.27. The number of nitrogens with zero attached hydrogens (tertiary/aromatic N) is 1. The van der Waals surface area contributed by atoms with Crippen LogP contribution < -0.4 is 5.32 Å². The van der Waals surface area contributed by atoms with Gasteiger partial charge in [-0.25, -0.2) is 4.98 Å². The molecular weight excluding hydrogens is 356 g/mol. The predicted molar refractivity (Wildman–Crippen MR) is 109 cm³/mol. The molecule has 2 heterocycles. The van der Waals surface area contributed by atoms with Crippen LogP contribution in [-0.2, 0) is 0 Å². The van der Waals surface area contributed by atoms with E-state index in [9.17, 15) is 9.90 Å². The highest BCUT2D eigenvalue weighted by Crippen LogP contribution is 2.35. The summed E-state index contributed by atoms with van der Waals surface area (Å²) in [4.78, 5) is 17.8. The van der Waals surface area contributed by atoms with E-state index in [0.29, 0.717) is 10.2 Å². The fraction of sp³-hybridized carbons (Fsp3) is 0. The molecule has 0 atom stereocenters. The molecule has 4 aromatic rings. The van der Waals surface area contributed by atoms with Crippen molar-refractivity contribution in [3.8, 4) is 5.75 Å². The lowest BCUT2D eigenvalue weighted by Crippen LogP contribution is -2.16. The monoisotopic (exact) mass is 372 g/mol. The molecule has 0 aliphatic carbocycles. The van der Waals surface area contributed by atoms with E-state index in [0.717, 1.165) is 16.7 Å². The summed E-state index contributed by atoms with van der Waals surface area (Å²) in [6.45, 7) is 0. The molecule has 2 aromatic carbocycles. The average molecular weight is 372 g/mol. The van der Waals surface area contributed by atoms with Crippen LogP contribution in [0.1, 0.15) is 20.8 Å². The van der Waals surface area contributed by atoms with E-state index in [2.05, 4.69) is 10.3 Å². The Labute approximate surface area is 160 Å². The number of aromatic hydroxyl groups is 1. The highest BCUT2D eigenvalue weighted by molar-refractivity contribution is 7.20. The molecule has 0 fully saturated rings. The van der Waals surface area contributed by atoms with Crippen molar-refractivity contribution in [2.24, 2.45) is 0 Å². The molecule has 2 aromatic heterocycles. The molecule has 0 saturated heterocycles. The van der Waals surface area contributed by atoms with Crippen molar-refractivity contribution < 1.29 is 9.90 Å². The highest BCUT2D eigenvalue weighted by atomic mass is 32.1. The van der Waals surface area contributed by atoms with Crippen LogP contribution in [0.15, 0.2) is 85.2 Å². The minimum atomic E-state index is -0.361. The third-order valence-electron chi connectivity index (χ3n) is 4.16. The molecule has 5 heteroatoms. The van der Waals surface area contributed by atoms with Crippen molar-refractivity contribution in [2.45, 2.75) is 0 Å². The van der Waals surface area contributed by atoms with Gasteiger partial charge in [0.1, 0.15) is 15.5 Å². The molecule has 132 valence electrons. The minimum absolute atomic E-state index is 0.0324. The minimum Gasteiger partial charge on any atom is -0.506 e. The van der Waals surface area contributed by atoms with E-state index in [1.807, 2.05) is 60.7 Å². The molecule has 4 nitrogen and oxygen atoms in total. The predicted octanol–water partition coefficient (Wildman–Crippen LogP) is 4.82. The molecule has 0 bridgehead atoms. The topological polar surface area (TPSA) is 62.2 Å². The smallest absolute Gasteiger partial charge is 0.269 e. The van der Waals surface area contributed by atoms with Crippen LogP contribution in [-0.4, -0.2) is 16.0 Å². The summed E-state index contributed by atoms with van der Waals surface area (Å²) in [5.74, 6) is -0.394. The van der Waals surface area contributed by atoms with Crippen molar-refractivity contribution in [2.75, 3.05) is 0 Å². The SMILES string of the molecule is O=C(NC=C(c1ccccc1)c1ccccc1)c1sc2ncccc2c1O. The van der Waals surface area contributed by atoms with Gasteiger partial charge in [0.2, 0.25) is 0 Å². The number of benzene rings is 2. The van der Waals surface area contributed by atoms with Gasteiger partial charge in [0, 0.05) is 18.0 Å². The first-order valence-corrected chi connectivity index (χ1v) is 9.24. The maximum Gasteiger partial charge on any atom is 0.269 e. The lowest BCUT2D eigenvalue weighted by Gasteiger charge is -2.09. The first kappa shape index (κ1) is 17.0. The van der Waals surface area contributed by atoms with E-state index in [1.165, 1.54) is 11.3 Å². The Bertz CT molecular complexity index is 1080. The summed E-state index contributed by atoms with van der Waals surface area (Å²) in [5.41, 5.74) is 2.88. The Hall–Kier alpha value is -3.44. The highest BCUT2D eigenvalue weighted by Gasteiger charge is 2.18. The number of hydrogen-bond acceptors (Lipinski definition) is 4. The van der Waals surface area contributed by atoms with E-state index < -0.39 is 0 Å². The lowest BCUT2D eigenvalue weighted by atomic mass is 9.99. The molecule has 0 radical (unpaired) electrons. The molecule has 2 N–H and O–H groups in total. The third kappa shape index (κ3) is 3.45. The molecule has 0 aliphatic heterocycles. The molecule has 1 amide bonds. The quantitative estimate of drug-likeness (QED) is 0.540. The summed E-state index contributed by atoms with van der Waals surface area (Å²) < 4.78 is 0. The maximum atomic E-state index is 12.7. The van der Waals surface area contributed by atoms with E-state index >= 15 is 0 Å². The van der Waals surface area contributed by atoms with Gasteiger partial charge in [-0.15, -0.1) is 11.3 Å². The molecule has 0 spiro atoms. The second-order valence-corrected chi connectivity index (χ2v) is 6.90. The van der Waals surface area contributed by atoms with Gasteiger partial charge in [-0.3, -0.25) is 4.79 Å². The summed E-state index contributed by atoms with van der Waals surface area (Å²) >= 11 is 1.17. The van der Waals surface area contributed by atoms with Gasteiger partial charge in [0.15, 0.2) is 0 Å². The van der Waals surface area contributed by atoms with Gasteiger partial charge >= 0.3 is 0 Å². The molecule has 0 unspecified atom stereocenters. The number of rotatable bonds is 4. The zero-order chi connectivity index (χ0) is 18.6. The number of pyridine rings is 1. The Morgan fingerprint density at radius 3 is 2.15 bits per heavy atom. The zero-order valence-electron chi connectivity index (χ0n) is 14.3. The van der Waals surface area contributed by atoms with Crippen molar-refractivity contribution in [3.05, 3.63) is 101 Å². The maximum absolute atomic E-state index is 12.7. The second kappa shape index (κ2) is 7.43. The molecule has 4 rings (SSSR count). The Kier molecular flexibility index (Phi) is 4.68.